The molecule has 0 spiro atoms. The molecule has 0 atom stereocenters. The highest BCUT2D eigenvalue weighted by Gasteiger charge is 2.15. The van der Waals surface area contributed by atoms with Crippen LogP contribution in [0.3, 0.4) is 0 Å². The van der Waals surface area contributed by atoms with Crippen LogP contribution in [0.1, 0.15) is 13.8 Å². The Bertz CT molecular complexity index is 685. The van der Waals surface area contributed by atoms with Crippen molar-refractivity contribution in [3.63, 3.8) is 0 Å². The predicted octanol–water partition coefficient (Wildman–Crippen LogP) is 4.88. The van der Waals surface area contributed by atoms with Gasteiger partial charge in [0, 0.05) is 10.6 Å². The molecule has 2 aromatic rings. The van der Waals surface area contributed by atoms with Gasteiger partial charge in [0.25, 0.3) is 12.3 Å². The first-order chi connectivity index (χ1) is 10.9. The molecule has 0 bridgehead atoms. The Hall–Kier alpha value is -1.66. The second-order valence-corrected chi connectivity index (χ2v) is 5.65. The molecule has 0 N–H and O–H groups in total. The average molecular weight is 363 g/mol. The Labute approximate surface area is 142 Å². The van der Waals surface area contributed by atoms with Gasteiger partial charge in [-0.05, 0) is 32.0 Å². The summed E-state index contributed by atoms with van der Waals surface area (Å²) in [7, 11) is 0. The van der Waals surface area contributed by atoms with Crippen molar-refractivity contribution in [1.29, 1.82) is 0 Å². The van der Waals surface area contributed by atoms with Crippen LogP contribution in [-0.2, 0) is 0 Å². The van der Waals surface area contributed by atoms with E-state index in [1.807, 2.05) is 13.8 Å². The minimum Gasteiger partial charge on any atom is -0.490 e. The summed E-state index contributed by atoms with van der Waals surface area (Å²) in [6.45, 7) is 2.96. The number of alkyl halides is 2. The quantitative estimate of drug-likeness (QED) is 0.734. The highest BCUT2D eigenvalue weighted by Crippen LogP contribution is 2.33. The maximum atomic E-state index is 12.2. The van der Waals surface area contributed by atoms with E-state index in [-0.39, 0.29) is 17.1 Å². The van der Waals surface area contributed by atoms with Gasteiger partial charge < -0.3 is 9.47 Å². The third-order valence-electron chi connectivity index (χ3n) is 2.63. The lowest BCUT2D eigenvalue weighted by Crippen LogP contribution is -2.09. The van der Waals surface area contributed by atoms with E-state index in [1.165, 1.54) is 6.20 Å². The van der Waals surface area contributed by atoms with Crippen molar-refractivity contribution in [2.45, 2.75) is 26.4 Å². The molecule has 0 aliphatic heterocycles. The number of hydrogen-bond donors (Lipinski definition) is 0. The third-order valence-corrected chi connectivity index (χ3v) is 3.11. The minimum absolute atomic E-state index is 0.0655. The highest BCUT2D eigenvalue weighted by atomic mass is 35.5. The molecule has 23 heavy (non-hydrogen) atoms. The Balaban J connectivity index is 2.33. The maximum absolute atomic E-state index is 12.2. The summed E-state index contributed by atoms with van der Waals surface area (Å²) in [5.41, 5.74) is 1.06. The lowest BCUT2D eigenvalue weighted by molar-refractivity contribution is 0.0794. The Kier molecular flexibility index (Phi) is 5.96. The van der Waals surface area contributed by atoms with Gasteiger partial charge in [-0.3, -0.25) is 0 Å². The Morgan fingerprint density at radius 2 is 1.96 bits per heavy atom. The zero-order chi connectivity index (χ0) is 17.0. The van der Waals surface area contributed by atoms with Crippen LogP contribution in [0.15, 0.2) is 24.4 Å². The van der Waals surface area contributed by atoms with Crippen LogP contribution in [0.4, 0.5) is 8.78 Å². The number of hydrogen-bond acceptors (Lipinski definition) is 4. The fourth-order valence-electron chi connectivity index (χ4n) is 1.78. The molecule has 0 saturated carbocycles. The van der Waals surface area contributed by atoms with Crippen molar-refractivity contribution in [1.82, 2.24) is 9.97 Å². The van der Waals surface area contributed by atoms with Crippen LogP contribution in [0.2, 0.25) is 10.2 Å². The molecule has 0 fully saturated rings. The monoisotopic (exact) mass is 362 g/mol. The number of halogens is 4. The second kappa shape index (κ2) is 7.75. The molecule has 1 heterocycles. The van der Waals surface area contributed by atoms with E-state index in [1.54, 1.807) is 18.2 Å². The largest absolute Gasteiger partial charge is 0.490 e. The van der Waals surface area contributed by atoms with Crippen molar-refractivity contribution < 1.29 is 18.3 Å². The summed E-state index contributed by atoms with van der Waals surface area (Å²) in [6, 6.07) is 5.06. The Morgan fingerprint density at radius 3 is 2.57 bits per heavy atom. The number of benzene rings is 1. The van der Waals surface area contributed by atoms with Crippen molar-refractivity contribution in [2.75, 3.05) is 6.61 Å². The van der Waals surface area contributed by atoms with Gasteiger partial charge in [-0.25, -0.2) is 18.7 Å². The zero-order valence-corrected chi connectivity index (χ0v) is 13.9. The second-order valence-electron chi connectivity index (χ2n) is 4.86. The van der Waals surface area contributed by atoms with E-state index >= 15 is 0 Å². The summed E-state index contributed by atoms with van der Waals surface area (Å²) < 4.78 is 34.8. The fraction of sp³-hybridized carbons (Fsp3) is 0.333. The van der Waals surface area contributed by atoms with Crippen LogP contribution >= 0.6 is 23.2 Å². The van der Waals surface area contributed by atoms with E-state index in [2.05, 4.69) is 9.97 Å². The van der Waals surface area contributed by atoms with Crippen molar-refractivity contribution in [3.8, 4) is 22.9 Å². The zero-order valence-electron chi connectivity index (χ0n) is 12.4. The average Bonchev–Trinajstić information content (AvgIpc) is 2.45. The molecule has 0 aliphatic carbocycles. The minimum atomic E-state index is -2.62. The van der Waals surface area contributed by atoms with Gasteiger partial charge in [-0.15, -0.1) is 0 Å². The van der Waals surface area contributed by atoms with Gasteiger partial charge in [0.05, 0.1) is 18.0 Å². The van der Waals surface area contributed by atoms with E-state index < -0.39 is 13.0 Å². The molecule has 0 amide bonds. The summed E-state index contributed by atoms with van der Waals surface area (Å²) in [4.78, 5) is 8.06. The predicted molar refractivity (Wildman–Crippen MR) is 84.8 cm³/mol. The van der Waals surface area contributed by atoms with E-state index in [4.69, 9.17) is 32.7 Å². The summed E-state index contributed by atoms with van der Waals surface area (Å²) in [5, 5.41) is 0.411. The standard InChI is InChI=1S/C15H14Cl2F2N2O2/c1-8(2)23-12-5-9(16)3-4-10(12)11-6-20-15(14(17)21-11)22-7-13(18)19/h3-6,8,13H,7H2,1-2H3. The van der Waals surface area contributed by atoms with Crippen LogP contribution in [0.25, 0.3) is 11.3 Å². The SMILES string of the molecule is CC(C)Oc1cc(Cl)ccc1-c1cnc(OCC(F)F)c(Cl)n1. The van der Waals surface area contributed by atoms with Gasteiger partial charge in [0.15, 0.2) is 11.8 Å². The molecule has 8 heteroatoms. The molecular weight excluding hydrogens is 349 g/mol. The molecular formula is C15H14Cl2F2N2O2. The van der Waals surface area contributed by atoms with Gasteiger partial charge in [-0.2, -0.15) is 0 Å². The Morgan fingerprint density at radius 1 is 1.22 bits per heavy atom. The number of nitrogens with zero attached hydrogens (tertiary/aromatic N) is 2. The van der Waals surface area contributed by atoms with Crippen molar-refractivity contribution in [2.24, 2.45) is 0 Å². The number of ether oxygens (including phenoxy) is 2. The first-order valence-electron chi connectivity index (χ1n) is 6.77. The number of aromatic nitrogens is 2. The van der Waals surface area contributed by atoms with Crippen LogP contribution in [0, 0.1) is 0 Å². The van der Waals surface area contributed by atoms with Crippen LogP contribution < -0.4 is 9.47 Å². The lowest BCUT2D eigenvalue weighted by Gasteiger charge is -2.14. The summed E-state index contributed by atoms with van der Waals surface area (Å²) >= 11 is 11.9. The molecule has 1 aromatic heterocycles. The molecule has 124 valence electrons. The molecule has 0 aliphatic rings. The summed E-state index contributed by atoms with van der Waals surface area (Å²) in [6.07, 6.45) is -1.30. The highest BCUT2D eigenvalue weighted by molar-refractivity contribution is 6.31. The normalized spacial score (nSPS) is 11.1. The fourth-order valence-corrected chi connectivity index (χ4v) is 2.14. The maximum Gasteiger partial charge on any atom is 0.272 e. The van der Waals surface area contributed by atoms with Crippen LogP contribution in [0.5, 0.6) is 11.6 Å². The smallest absolute Gasteiger partial charge is 0.272 e. The van der Waals surface area contributed by atoms with Gasteiger partial charge in [-0.1, -0.05) is 23.2 Å². The topological polar surface area (TPSA) is 44.2 Å². The molecule has 2 rings (SSSR count). The van der Waals surface area contributed by atoms with Gasteiger partial charge in [0.1, 0.15) is 5.75 Å². The third kappa shape index (κ3) is 4.91. The van der Waals surface area contributed by atoms with Crippen LogP contribution in [-0.4, -0.2) is 29.1 Å². The molecule has 1 aromatic carbocycles. The number of rotatable bonds is 6. The first kappa shape index (κ1) is 17.7. The van der Waals surface area contributed by atoms with E-state index in [0.717, 1.165) is 0 Å². The first-order valence-corrected chi connectivity index (χ1v) is 7.52. The summed E-state index contributed by atoms with van der Waals surface area (Å²) in [5.74, 6) is 0.384. The van der Waals surface area contributed by atoms with E-state index in [9.17, 15) is 8.78 Å². The van der Waals surface area contributed by atoms with E-state index in [0.29, 0.717) is 22.0 Å². The molecule has 0 saturated heterocycles. The lowest BCUT2D eigenvalue weighted by atomic mass is 10.1. The van der Waals surface area contributed by atoms with Gasteiger partial charge in [0.2, 0.25) is 0 Å². The van der Waals surface area contributed by atoms with Crippen molar-refractivity contribution >= 4 is 23.2 Å². The van der Waals surface area contributed by atoms with Gasteiger partial charge >= 0.3 is 0 Å². The molecule has 0 radical (unpaired) electrons. The molecule has 0 unspecified atom stereocenters. The molecule has 4 nitrogen and oxygen atoms in total. The van der Waals surface area contributed by atoms with Crippen molar-refractivity contribution in [3.05, 3.63) is 34.6 Å².